The summed E-state index contributed by atoms with van der Waals surface area (Å²) >= 11 is 7.18. The second kappa shape index (κ2) is 3.33. The molecule has 0 saturated heterocycles. The maximum Gasteiger partial charge on any atom is 0.0320 e. The molecular weight excluding hydrogens is 316 g/mol. The Hall–Kier alpha value is 0.180. The van der Waals surface area contributed by atoms with Crippen LogP contribution in [0.5, 0.6) is 0 Å². The smallest absolute Gasteiger partial charge is 0.0320 e. The van der Waals surface area contributed by atoms with Crippen molar-refractivity contribution >= 4 is 31.9 Å². The van der Waals surface area contributed by atoms with Crippen molar-refractivity contribution in [2.75, 3.05) is 0 Å². The van der Waals surface area contributed by atoms with Gasteiger partial charge in [-0.3, -0.25) is 0 Å². The fourth-order valence-corrected chi connectivity index (χ4v) is 3.65. The average Bonchev–Trinajstić information content (AvgIpc) is 2.21. The molecule has 15 heavy (non-hydrogen) atoms. The highest BCUT2D eigenvalue weighted by atomic mass is 79.9. The second-order valence-electron chi connectivity index (χ2n) is 5.76. The van der Waals surface area contributed by atoms with Crippen LogP contribution in [-0.4, -0.2) is 0 Å². The van der Waals surface area contributed by atoms with E-state index >= 15 is 0 Å². The van der Waals surface area contributed by atoms with E-state index in [4.69, 9.17) is 0 Å². The van der Waals surface area contributed by atoms with E-state index in [0.717, 1.165) is 8.95 Å². The third-order valence-corrected chi connectivity index (χ3v) is 5.25. The summed E-state index contributed by atoms with van der Waals surface area (Å²) in [5.41, 5.74) is 3.56. The molecule has 0 saturated carbocycles. The Bertz CT molecular complexity index is 378. The van der Waals surface area contributed by atoms with E-state index in [1.165, 1.54) is 17.5 Å². The molecule has 1 aliphatic rings. The van der Waals surface area contributed by atoms with Crippen LogP contribution < -0.4 is 0 Å². The van der Waals surface area contributed by atoms with Crippen LogP contribution in [0.4, 0.5) is 0 Å². The molecule has 0 amide bonds. The highest BCUT2D eigenvalue weighted by Crippen LogP contribution is 2.51. The monoisotopic (exact) mass is 330 g/mol. The fraction of sp³-hybridized carbons (Fsp3) is 0.538. The van der Waals surface area contributed by atoms with Gasteiger partial charge in [-0.15, -0.1) is 0 Å². The number of rotatable bonds is 0. The van der Waals surface area contributed by atoms with Gasteiger partial charge in [-0.25, -0.2) is 0 Å². The molecule has 0 aliphatic heterocycles. The van der Waals surface area contributed by atoms with Gasteiger partial charge in [-0.1, -0.05) is 27.7 Å². The molecule has 0 heterocycles. The van der Waals surface area contributed by atoms with Gasteiger partial charge in [0, 0.05) is 8.95 Å². The lowest BCUT2D eigenvalue weighted by Gasteiger charge is -2.22. The Morgan fingerprint density at radius 2 is 1.20 bits per heavy atom. The summed E-state index contributed by atoms with van der Waals surface area (Å²) in [5, 5.41) is 0. The highest BCUT2D eigenvalue weighted by molar-refractivity contribution is 9.13. The summed E-state index contributed by atoms with van der Waals surface area (Å²) in [5.74, 6) is 0. The molecular formula is C13H16Br2. The summed E-state index contributed by atoms with van der Waals surface area (Å²) in [6.07, 6.45) is 1.22. The van der Waals surface area contributed by atoms with E-state index in [1.54, 1.807) is 0 Å². The summed E-state index contributed by atoms with van der Waals surface area (Å²) in [6, 6.07) is 4.54. The van der Waals surface area contributed by atoms with Crippen LogP contribution >= 0.6 is 31.9 Å². The summed E-state index contributed by atoms with van der Waals surface area (Å²) in [7, 11) is 0. The topological polar surface area (TPSA) is 0 Å². The first kappa shape index (κ1) is 11.7. The number of fused-ring (bicyclic) bond motifs is 1. The van der Waals surface area contributed by atoms with Gasteiger partial charge in [-0.05, 0) is 72.4 Å². The first-order valence-electron chi connectivity index (χ1n) is 5.24. The Morgan fingerprint density at radius 3 is 1.53 bits per heavy atom. The Kier molecular flexibility index (Phi) is 2.59. The number of hydrogen-bond acceptors (Lipinski definition) is 0. The van der Waals surface area contributed by atoms with Gasteiger partial charge in [0.25, 0.3) is 0 Å². The second-order valence-corrected chi connectivity index (χ2v) is 7.47. The van der Waals surface area contributed by atoms with Gasteiger partial charge < -0.3 is 0 Å². The normalized spacial score (nSPS) is 21.5. The van der Waals surface area contributed by atoms with Crippen molar-refractivity contribution in [3.63, 3.8) is 0 Å². The van der Waals surface area contributed by atoms with Gasteiger partial charge in [0.2, 0.25) is 0 Å². The minimum atomic E-state index is 0.294. The van der Waals surface area contributed by atoms with Crippen molar-refractivity contribution in [1.82, 2.24) is 0 Å². The largest absolute Gasteiger partial charge is 0.0558 e. The van der Waals surface area contributed by atoms with Crippen LogP contribution in [0.1, 0.15) is 45.2 Å². The zero-order chi connectivity index (χ0) is 11.4. The molecule has 0 nitrogen and oxygen atoms in total. The molecule has 0 bridgehead atoms. The van der Waals surface area contributed by atoms with Gasteiger partial charge >= 0.3 is 0 Å². The molecule has 0 fully saturated rings. The average molecular weight is 332 g/mol. The molecule has 82 valence electrons. The SMILES string of the molecule is CC1(C)CC(C)(C)c2cc(Br)c(Br)cc21. The highest BCUT2D eigenvalue weighted by Gasteiger charge is 2.42. The summed E-state index contributed by atoms with van der Waals surface area (Å²) in [4.78, 5) is 0. The van der Waals surface area contributed by atoms with Crippen LogP contribution in [0.3, 0.4) is 0 Å². The van der Waals surface area contributed by atoms with E-state index in [0.29, 0.717) is 10.8 Å². The van der Waals surface area contributed by atoms with Gasteiger partial charge in [0.15, 0.2) is 0 Å². The van der Waals surface area contributed by atoms with E-state index < -0.39 is 0 Å². The van der Waals surface area contributed by atoms with Gasteiger partial charge in [0.05, 0.1) is 0 Å². The van der Waals surface area contributed by atoms with E-state index in [-0.39, 0.29) is 0 Å². The zero-order valence-electron chi connectivity index (χ0n) is 9.62. The lowest BCUT2D eigenvalue weighted by atomic mass is 9.82. The van der Waals surface area contributed by atoms with Crippen LogP contribution in [-0.2, 0) is 10.8 Å². The first-order chi connectivity index (χ1) is 6.74. The molecule has 0 unspecified atom stereocenters. The lowest BCUT2D eigenvalue weighted by molar-refractivity contribution is 0.403. The van der Waals surface area contributed by atoms with Crippen LogP contribution in [0.2, 0.25) is 0 Å². The predicted molar refractivity (Wildman–Crippen MR) is 72.5 cm³/mol. The van der Waals surface area contributed by atoms with Crippen molar-refractivity contribution in [2.24, 2.45) is 0 Å². The van der Waals surface area contributed by atoms with Crippen LogP contribution in [0.15, 0.2) is 21.1 Å². The lowest BCUT2D eigenvalue weighted by Crippen LogP contribution is -2.17. The molecule has 2 heteroatoms. The quantitative estimate of drug-likeness (QED) is 0.615. The molecule has 0 N–H and O–H groups in total. The van der Waals surface area contributed by atoms with Gasteiger partial charge in [0.1, 0.15) is 0 Å². The minimum absolute atomic E-state index is 0.294. The molecule has 0 atom stereocenters. The van der Waals surface area contributed by atoms with E-state index in [1.807, 2.05) is 0 Å². The Balaban J connectivity index is 2.71. The number of halogens is 2. The summed E-state index contributed by atoms with van der Waals surface area (Å²) in [6.45, 7) is 9.34. The standard InChI is InChI=1S/C13H16Br2/c1-12(2)7-13(3,4)9-6-11(15)10(14)5-8(9)12/h5-6H,7H2,1-4H3. The third kappa shape index (κ3) is 1.80. The molecule has 0 aromatic heterocycles. The summed E-state index contributed by atoms with van der Waals surface area (Å²) < 4.78 is 2.32. The van der Waals surface area contributed by atoms with Crippen molar-refractivity contribution in [2.45, 2.75) is 44.9 Å². The molecule has 1 aliphatic carbocycles. The molecule has 0 spiro atoms. The minimum Gasteiger partial charge on any atom is -0.0558 e. The van der Waals surface area contributed by atoms with Crippen LogP contribution in [0.25, 0.3) is 0 Å². The van der Waals surface area contributed by atoms with Crippen LogP contribution in [0, 0.1) is 0 Å². The Labute approximate surface area is 109 Å². The molecule has 0 radical (unpaired) electrons. The predicted octanol–water partition coefficient (Wildman–Crippen LogP) is 5.17. The van der Waals surface area contributed by atoms with Crippen molar-refractivity contribution < 1.29 is 0 Å². The maximum atomic E-state index is 3.59. The van der Waals surface area contributed by atoms with Crippen molar-refractivity contribution in [1.29, 1.82) is 0 Å². The molecule has 2 rings (SSSR count). The molecule has 1 aromatic carbocycles. The van der Waals surface area contributed by atoms with Crippen molar-refractivity contribution in [3.8, 4) is 0 Å². The zero-order valence-corrected chi connectivity index (χ0v) is 12.8. The van der Waals surface area contributed by atoms with Gasteiger partial charge in [-0.2, -0.15) is 0 Å². The molecule has 1 aromatic rings. The Morgan fingerprint density at radius 1 is 0.867 bits per heavy atom. The first-order valence-corrected chi connectivity index (χ1v) is 6.83. The van der Waals surface area contributed by atoms with Crippen molar-refractivity contribution in [3.05, 3.63) is 32.2 Å². The third-order valence-electron chi connectivity index (χ3n) is 3.40. The van der Waals surface area contributed by atoms with E-state index in [9.17, 15) is 0 Å². The number of benzene rings is 1. The fourth-order valence-electron chi connectivity index (χ4n) is 2.96. The maximum absolute atomic E-state index is 3.59. The van der Waals surface area contributed by atoms with E-state index in [2.05, 4.69) is 71.7 Å². The number of hydrogen-bond donors (Lipinski definition) is 0.